The molecular weight excluding hydrogens is 254 g/mol. The van der Waals surface area contributed by atoms with Crippen LogP contribution in [0.2, 0.25) is 0 Å². The fourth-order valence-electron chi connectivity index (χ4n) is 2.03. The summed E-state index contributed by atoms with van der Waals surface area (Å²) in [7, 11) is 0. The van der Waals surface area contributed by atoms with Crippen LogP contribution in [0.1, 0.15) is 24.5 Å². The van der Waals surface area contributed by atoms with Gasteiger partial charge in [-0.05, 0) is 54.6 Å². The molecule has 0 bridgehead atoms. The number of furan rings is 1. The first-order valence-electron chi connectivity index (χ1n) is 6.39. The van der Waals surface area contributed by atoms with Crippen molar-refractivity contribution < 1.29 is 4.42 Å². The van der Waals surface area contributed by atoms with Crippen LogP contribution < -0.4 is 5.32 Å². The first-order valence-corrected chi connectivity index (χ1v) is 6.39. The molecule has 0 aliphatic rings. The van der Waals surface area contributed by atoms with Gasteiger partial charge in [0, 0.05) is 5.69 Å². The molecule has 0 saturated carbocycles. The van der Waals surface area contributed by atoms with Crippen molar-refractivity contribution in [1.29, 1.82) is 0 Å². The summed E-state index contributed by atoms with van der Waals surface area (Å²) in [5, 5.41) is 14.5. The monoisotopic (exact) mass is 269 g/mol. The van der Waals surface area contributed by atoms with Crippen LogP contribution in [-0.4, -0.2) is 20.2 Å². The summed E-state index contributed by atoms with van der Waals surface area (Å²) in [5.74, 6) is 1.83. The number of tetrazole rings is 1. The van der Waals surface area contributed by atoms with Gasteiger partial charge in [-0.15, -0.1) is 5.10 Å². The SMILES string of the molecule is Cc1ccc(C(C)Nc2cccc(-n3cnnn3)c2)o1. The van der Waals surface area contributed by atoms with Gasteiger partial charge in [0.2, 0.25) is 0 Å². The summed E-state index contributed by atoms with van der Waals surface area (Å²) in [4.78, 5) is 0. The van der Waals surface area contributed by atoms with Gasteiger partial charge in [-0.1, -0.05) is 6.07 Å². The maximum atomic E-state index is 5.62. The molecule has 0 fully saturated rings. The third kappa shape index (κ3) is 2.54. The Morgan fingerprint density at radius 2 is 2.15 bits per heavy atom. The van der Waals surface area contributed by atoms with E-state index < -0.39 is 0 Å². The predicted octanol–water partition coefficient (Wildman–Crippen LogP) is 2.74. The summed E-state index contributed by atoms with van der Waals surface area (Å²) in [5.41, 5.74) is 1.89. The zero-order valence-corrected chi connectivity index (χ0v) is 11.3. The molecule has 6 heteroatoms. The average molecular weight is 269 g/mol. The molecule has 1 atom stereocenters. The lowest BCUT2D eigenvalue weighted by Crippen LogP contribution is -2.06. The number of nitrogens with one attached hydrogen (secondary N) is 1. The molecule has 0 aliphatic heterocycles. The molecule has 1 aromatic carbocycles. The summed E-state index contributed by atoms with van der Waals surface area (Å²) in [6.45, 7) is 4.00. The normalized spacial score (nSPS) is 12.3. The Hall–Kier alpha value is -2.63. The van der Waals surface area contributed by atoms with E-state index in [-0.39, 0.29) is 6.04 Å². The van der Waals surface area contributed by atoms with E-state index in [4.69, 9.17) is 4.42 Å². The van der Waals surface area contributed by atoms with Crippen LogP contribution in [0, 0.1) is 6.92 Å². The molecule has 0 radical (unpaired) electrons. The summed E-state index contributed by atoms with van der Waals surface area (Å²) >= 11 is 0. The zero-order valence-electron chi connectivity index (χ0n) is 11.3. The van der Waals surface area contributed by atoms with Crippen molar-refractivity contribution in [2.24, 2.45) is 0 Å². The average Bonchev–Trinajstić information content (AvgIpc) is 3.10. The number of benzene rings is 1. The van der Waals surface area contributed by atoms with Crippen LogP contribution >= 0.6 is 0 Å². The van der Waals surface area contributed by atoms with Crippen molar-refractivity contribution in [3.8, 4) is 5.69 Å². The van der Waals surface area contributed by atoms with E-state index >= 15 is 0 Å². The second-order valence-corrected chi connectivity index (χ2v) is 4.62. The maximum Gasteiger partial charge on any atom is 0.143 e. The second-order valence-electron chi connectivity index (χ2n) is 4.62. The van der Waals surface area contributed by atoms with Gasteiger partial charge in [0.1, 0.15) is 17.8 Å². The molecule has 3 rings (SSSR count). The molecule has 0 aliphatic carbocycles. The number of aryl methyl sites for hydroxylation is 1. The Balaban J connectivity index is 1.79. The topological polar surface area (TPSA) is 68.8 Å². The minimum Gasteiger partial charge on any atom is -0.464 e. The van der Waals surface area contributed by atoms with Crippen molar-refractivity contribution in [1.82, 2.24) is 20.2 Å². The van der Waals surface area contributed by atoms with Gasteiger partial charge in [0.15, 0.2) is 0 Å². The molecule has 0 saturated heterocycles. The Labute approximate surface area is 116 Å². The van der Waals surface area contributed by atoms with E-state index in [0.29, 0.717) is 0 Å². The highest BCUT2D eigenvalue weighted by molar-refractivity contribution is 5.51. The van der Waals surface area contributed by atoms with Gasteiger partial charge in [-0.25, -0.2) is 4.68 Å². The standard InChI is InChI=1S/C14H15N5O/c1-10-6-7-14(20-10)11(2)16-12-4-3-5-13(8-12)19-9-15-17-18-19/h3-9,11,16H,1-2H3. The minimum absolute atomic E-state index is 0.0906. The molecular formula is C14H15N5O. The van der Waals surface area contributed by atoms with Gasteiger partial charge in [-0.3, -0.25) is 0 Å². The smallest absolute Gasteiger partial charge is 0.143 e. The Morgan fingerprint density at radius 1 is 1.25 bits per heavy atom. The van der Waals surface area contributed by atoms with E-state index in [1.165, 1.54) is 0 Å². The molecule has 20 heavy (non-hydrogen) atoms. The number of nitrogens with zero attached hydrogens (tertiary/aromatic N) is 4. The fraction of sp³-hybridized carbons (Fsp3) is 0.214. The molecule has 1 N–H and O–H groups in total. The van der Waals surface area contributed by atoms with Crippen molar-refractivity contribution in [3.63, 3.8) is 0 Å². The van der Waals surface area contributed by atoms with E-state index in [1.807, 2.05) is 43.3 Å². The Morgan fingerprint density at radius 3 is 2.85 bits per heavy atom. The fourth-order valence-corrected chi connectivity index (χ4v) is 2.03. The third-order valence-corrected chi connectivity index (χ3v) is 3.03. The van der Waals surface area contributed by atoms with Gasteiger partial charge in [0.05, 0.1) is 11.7 Å². The lowest BCUT2D eigenvalue weighted by Gasteiger charge is -2.13. The highest BCUT2D eigenvalue weighted by Gasteiger charge is 2.09. The summed E-state index contributed by atoms with van der Waals surface area (Å²) in [6.07, 6.45) is 1.57. The van der Waals surface area contributed by atoms with Crippen molar-refractivity contribution in [3.05, 3.63) is 54.2 Å². The van der Waals surface area contributed by atoms with Crippen molar-refractivity contribution in [2.45, 2.75) is 19.9 Å². The zero-order chi connectivity index (χ0) is 13.9. The summed E-state index contributed by atoms with van der Waals surface area (Å²) < 4.78 is 7.24. The lowest BCUT2D eigenvalue weighted by atomic mass is 10.2. The van der Waals surface area contributed by atoms with Crippen molar-refractivity contribution >= 4 is 5.69 Å². The molecule has 1 unspecified atom stereocenters. The van der Waals surface area contributed by atoms with Gasteiger partial charge < -0.3 is 9.73 Å². The van der Waals surface area contributed by atoms with Crippen LogP contribution in [-0.2, 0) is 0 Å². The van der Waals surface area contributed by atoms with E-state index in [2.05, 4.69) is 27.8 Å². The largest absolute Gasteiger partial charge is 0.464 e. The summed E-state index contributed by atoms with van der Waals surface area (Å²) in [6, 6.07) is 11.9. The van der Waals surface area contributed by atoms with Gasteiger partial charge >= 0.3 is 0 Å². The van der Waals surface area contributed by atoms with Crippen LogP contribution in [0.3, 0.4) is 0 Å². The highest BCUT2D eigenvalue weighted by atomic mass is 16.3. The van der Waals surface area contributed by atoms with E-state index in [9.17, 15) is 0 Å². The Kier molecular flexibility index (Phi) is 3.20. The first kappa shape index (κ1) is 12.4. The number of anilines is 1. The second kappa shape index (κ2) is 5.16. The van der Waals surface area contributed by atoms with Crippen LogP contribution in [0.4, 0.5) is 5.69 Å². The van der Waals surface area contributed by atoms with Gasteiger partial charge in [0.25, 0.3) is 0 Å². The molecule has 0 spiro atoms. The molecule has 3 aromatic rings. The molecule has 2 heterocycles. The van der Waals surface area contributed by atoms with E-state index in [1.54, 1.807) is 11.0 Å². The number of hydrogen-bond donors (Lipinski definition) is 1. The molecule has 0 amide bonds. The number of hydrogen-bond acceptors (Lipinski definition) is 5. The third-order valence-electron chi connectivity index (χ3n) is 3.03. The Bertz CT molecular complexity index is 689. The molecule has 2 aromatic heterocycles. The first-order chi connectivity index (χ1) is 9.72. The molecule has 102 valence electrons. The lowest BCUT2D eigenvalue weighted by molar-refractivity contribution is 0.467. The highest BCUT2D eigenvalue weighted by Crippen LogP contribution is 2.22. The van der Waals surface area contributed by atoms with Crippen LogP contribution in [0.15, 0.2) is 47.1 Å². The van der Waals surface area contributed by atoms with Gasteiger partial charge in [-0.2, -0.15) is 0 Å². The predicted molar refractivity (Wildman–Crippen MR) is 74.6 cm³/mol. The van der Waals surface area contributed by atoms with Crippen molar-refractivity contribution in [2.75, 3.05) is 5.32 Å². The maximum absolute atomic E-state index is 5.62. The number of aromatic nitrogens is 4. The van der Waals surface area contributed by atoms with Crippen LogP contribution in [0.5, 0.6) is 0 Å². The molecule has 6 nitrogen and oxygen atoms in total. The minimum atomic E-state index is 0.0906. The number of rotatable bonds is 4. The van der Waals surface area contributed by atoms with Crippen LogP contribution in [0.25, 0.3) is 5.69 Å². The van der Waals surface area contributed by atoms with E-state index in [0.717, 1.165) is 22.9 Å². The quantitative estimate of drug-likeness (QED) is 0.788.